The monoisotopic (exact) mass is 366 g/mol. The van der Waals surface area contributed by atoms with Crippen molar-refractivity contribution in [3.63, 3.8) is 0 Å². The summed E-state index contributed by atoms with van der Waals surface area (Å²) in [6.07, 6.45) is 9.38. The molecule has 2 aromatic rings. The third-order valence-corrected chi connectivity index (χ3v) is 6.43. The van der Waals surface area contributed by atoms with Crippen LogP contribution in [0.2, 0.25) is 0 Å². The van der Waals surface area contributed by atoms with E-state index in [0.717, 1.165) is 11.1 Å². The van der Waals surface area contributed by atoms with Crippen LogP contribution in [-0.2, 0) is 0 Å². The molecular weight excluding hydrogens is 351 g/mol. The molecule has 112 valence electrons. The fourth-order valence-electron chi connectivity index (χ4n) is 2.74. The molecule has 0 unspecified atom stereocenters. The SMILES string of the molecule is CN1C(=CC=C2C=CC(=O)c3ncccc32)[Se]c2ccccc21. The maximum absolute atomic E-state index is 11.9. The minimum absolute atomic E-state index is 0.0278. The van der Waals surface area contributed by atoms with Gasteiger partial charge in [-0.3, -0.25) is 0 Å². The second-order valence-corrected chi connectivity index (χ2v) is 7.58. The summed E-state index contributed by atoms with van der Waals surface area (Å²) in [6, 6.07) is 12.3. The normalized spacial score (nSPS) is 19.3. The molecule has 0 N–H and O–H groups in total. The molecule has 1 aliphatic carbocycles. The number of anilines is 1. The van der Waals surface area contributed by atoms with Gasteiger partial charge in [0.15, 0.2) is 0 Å². The molecule has 1 aliphatic heterocycles. The van der Waals surface area contributed by atoms with Gasteiger partial charge in [-0.05, 0) is 0 Å². The summed E-state index contributed by atoms with van der Waals surface area (Å²) in [4.78, 5) is 18.3. The summed E-state index contributed by atoms with van der Waals surface area (Å²) < 4.78 is 2.71. The second kappa shape index (κ2) is 5.65. The first-order valence-corrected chi connectivity index (χ1v) is 9.06. The number of benzene rings is 1. The van der Waals surface area contributed by atoms with Crippen molar-refractivity contribution in [2.45, 2.75) is 0 Å². The van der Waals surface area contributed by atoms with Crippen molar-refractivity contribution >= 4 is 36.5 Å². The van der Waals surface area contributed by atoms with Gasteiger partial charge in [-0.25, -0.2) is 0 Å². The number of hydrogen-bond donors (Lipinski definition) is 0. The van der Waals surface area contributed by atoms with Crippen LogP contribution < -0.4 is 9.36 Å². The van der Waals surface area contributed by atoms with Crippen LogP contribution in [0, 0.1) is 0 Å². The van der Waals surface area contributed by atoms with Crippen LogP contribution in [0.5, 0.6) is 0 Å². The first kappa shape index (κ1) is 14.2. The molecule has 1 aromatic carbocycles. The number of para-hydroxylation sites is 1. The Labute approximate surface area is 141 Å². The van der Waals surface area contributed by atoms with Crippen LogP contribution in [0.25, 0.3) is 5.57 Å². The summed E-state index contributed by atoms with van der Waals surface area (Å²) in [5.74, 6) is -0.0278. The van der Waals surface area contributed by atoms with Crippen molar-refractivity contribution in [2.24, 2.45) is 0 Å². The number of rotatable bonds is 1. The summed E-state index contributed by atoms with van der Waals surface area (Å²) >= 11 is 0.314. The molecule has 0 atom stereocenters. The van der Waals surface area contributed by atoms with E-state index < -0.39 is 0 Å². The van der Waals surface area contributed by atoms with E-state index in [4.69, 9.17) is 0 Å². The molecule has 0 bridgehead atoms. The predicted molar refractivity (Wildman–Crippen MR) is 94.0 cm³/mol. The van der Waals surface area contributed by atoms with E-state index >= 15 is 0 Å². The Bertz CT molecular complexity index is 896. The fraction of sp³-hybridized carbons (Fsp3) is 0.0526. The molecule has 0 radical (unpaired) electrons. The van der Waals surface area contributed by atoms with Crippen molar-refractivity contribution in [1.82, 2.24) is 4.98 Å². The molecule has 1 aromatic heterocycles. The Kier molecular flexibility index (Phi) is 3.49. The van der Waals surface area contributed by atoms with Gasteiger partial charge in [0.05, 0.1) is 0 Å². The van der Waals surface area contributed by atoms with Crippen molar-refractivity contribution in [1.29, 1.82) is 0 Å². The first-order valence-electron chi connectivity index (χ1n) is 7.34. The van der Waals surface area contributed by atoms with E-state index in [9.17, 15) is 4.79 Å². The second-order valence-electron chi connectivity index (χ2n) is 5.35. The van der Waals surface area contributed by atoms with Gasteiger partial charge < -0.3 is 0 Å². The topological polar surface area (TPSA) is 33.2 Å². The fourth-order valence-corrected chi connectivity index (χ4v) is 4.95. The number of aromatic nitrogens is 1. The van der Waals surface area contributed by atoms with Crippen molar-refractivity contribution < 1.29 is 4.79 Å². The van der Waals surface area contributed by atoms with E-state index in [-0.39, 0.29) is 5.78 Å². The molecule has 0 saturated carbocycles. The van der Waals surface area contributed by atoms with Crippen molar-refractivity contribution in [2.75, 3.05) is 11.9 Å². The maximum atomic E-state index is 11.9. The molecule has 0 spiro atoms. The van der Waals surface area contributed by atoms with Gasteiger partial charge in [0.2, 0.25) is 0 Å². The van der Waals surface area contributed by atoms with Gasteiger partial charge in [-0.2, -0.15) is 0 Å². The van der Waals surface area contributed by atoms with Crippen LogP contribution in [0.3, 0.4) is 0 Å². The molecule has 23 heavy (non-hydrogen) atoms. The van der Waals surface area contributed by atoms with E-state index in [1.807, 2.05) is 18.2 Å². The van der Waals surface area contributed by atoms with Gasteiger partial charge >= 0.3 is 141 Å². The Hall–Kier alpha value is -2.42. The molecule has 0 fully saturated rings. The summed E-state index contributed by atoms with van der Waals surface area (Å²) in [5.41, 5.74) is 3.75. The molecule has 4 rings (SSSR count). The number of fused-ring (bicyclic) bond motifs is 2. The van der Waals surface area contributed by atoms with Crippen LogP contribution >= 0.6 is 0 Å². The summed E-state index contributed by atoms with van der Waals surface area (Å²) in [6.45, 7) is 0. The Morgan fingerprint density at radius 2 is 1.96 bits per heavy atom. The van der Waals surface area contributed by atoms with Crippen molar-refractivity contribution in [3.8, 4) is 0 Å². The zero-order chi connectivity index (χ0) is 15.8. The third kappa shape index (κ3) is 2.46. The van der Waals surface area contributed by atoms with Crippen LogP contribution in [0.15, 0.2) is 71.5 Å². The number of hydrogen-bond acceptors (Lipinski definition) is 3. The average molecular weight is 365 g/mol. The standard InChI is InChI=1S/C19H14N2OSe/c1-21-15-6-2-3-7-17(15)23-18(21)11-9-13-8-10-16(22)19-14(13)5-4-12-20-19/h2-12H,1H3. The molecule has 0 saturated heterocycles. The number of pyridine rings is 1. The Morgan fingerprint density at radius 3 is 2.83 bits per heavy atom. The quantitative estimate of drug-likeness (QED) is 0.729. The molecule has 0 amide bonds. The van der Waals surface area contributed by atoms with Crippen LogP contribution in [-0.4, -0.2) is 32.8 Å². The summed E-state index contributed by atoms with van der Waals surface area (Å²) in [7, 11) is 2.10. The number of carbonyl (C=O) groups is 1. The molecule has 3 nitrogen and oxygen atoms in total. The Morgan fingerprint density at radius 1 is 1.09 bits per heavy atom. The van der Waals surface area contributed by atoms with Gasteiger partial charge in [0.1, 0.15) is 0 Å². The van der Waals surface area contributed by atoms with E-state index in [1.54, 1.807) is 12.3 Å². The van der Waals surface area contributed by atoms with Gasteiger partial charge in [0, 0.05) is 0 Å². The first-order chi connectivity index (χ1) is 11.2. The van der Waals surface area contributed by atoms with E-state index in [0.29, 0.717) is 20.7 Å². The number of allylic oxidation sites excluding steroid dienone is 5. The zero-order valence-corrected chi connectivity index (χ0v) is 14.3. The van der Waals surface area contributed by atoms with Gasteiger partial charge in [-0.15, -0.1) is 0 Å². The molecule has 2 heterocycles. The molecule has 2 aliphatic rings. The van der Waals surface area contributed by atoms with Gasteiger partial charge in [-0.1, -0.05) is 0 Å². The van der Waals surface area contributed by atoms with Crippen LogP contribution in [0.1, 0.15) is 16.1 Å². The number of ketones is 1. The van der Waals surface area contributed by atoms with E-state index in [2.05, 4.69) is 53.3 Å². The van der Waals surface area contributed by atoms with E-state index in [1.165, 1.54) is 14.7 Å². The number of nitrogens with zero attached hydrogens (tertiary/aromatic N) is 2. The zero-order valence-electron chi connectivity index (χ0n) is 12.6. The molecule has 4 heteroatoms. The van der Waals surface area contributed by atoms with Crippen LogP contribution in [0.4, 0.5) is 5.69 Å². The van der Waals surface area contributed by atoms with Crippen molar-refractivity contribution in [3.05, 3.63) is 82.8 Å². The third-order valence-electron chi connectivity index (χ3n) is 3.94. The minimum atomic E-state index is -0.0278. The predicted octanol–water partition coefficient (Wildman–Crippen LogP) is 2.54. The average Bonchev–Trinajstić information content (AvgIpc) is 2.91. The number of carbonyl (C=O) groups excluding carboxylic acids is 1. The molecular formula is C19H14N2OSe. The van der Waals surface area contributed by atoms with Gasteiger partial charge in [0.25, 0.3) is 0 Å². The summed E-state index contributed by atoms with van der Waals surface area (Å²) in [5, 5.41) is 0. The Balaban J connectivity index is 1.70.